The van der Waals surface area contributed by atoms with Crippen molar-refractivity contribution in [3.05, 3.63) is 24.3 Å². The first-order valence-electron chi connectivity index (χ1n) is 7.57. The zero-order valence-corrected chi connectivity index (χ0v) is 13.8. The number of hydrogen-bond acceptors (Lipinski definition) is 4. The fourth-order valence-electron chi connectivity index (χ4n) is 2.19. The molecule has 128 valence electrons. The van der Waals surface area contributed by atoms with Gasteiger partial charge in [-0.1, -0.05) is 6.92 Å². The monoisotopic (exact) mass is 332 g/mol. The van der Waals surface area contributed by atoms with Crippen LogP contribution in [-0.2, 0) is 14.4 Å². The second kappa shape index (κ2) is 6.69. The summed E-state index contributed by atoms with van der Waals surface area (Å²) in [4.78, 5) is 48.0. The fourth-order valence-corrected chi connectivity index (χ4v) is 2.19. The fraction of sp³-hybridized carbons (Fsp3) is 0.375. The number of imide groups is 1. The van der Waals surface area contributed by atoms with Crippen molar-refractivity contribution in [3.8, 4) is 0 Å². The van der Waals surface area contributed by atoms with Crippen LogP contribution in [0.25, 0.3) is 0 Å². The molecule has 1 aliphatic rings. The molecule has 0 spiro atoms. The predicted octanol–water partition coefficient (Wildman–Crippen LogP) is 1.30. The molecule has 0 aliphatic carbocycles. The van der Waals surface area contributed by atoms with Gasteiger partial charge >= 0.3 is 6.03 Å². The third-order valence-corrected chi connectivity index (χ3v) is 3.77. The second-order valence-corrected chi connectivity index (χ2v) is 5.93. The maximum atomic E-state index is 12.1. The summed E-state index contributed by atoms with van der Waals surface area (Å²) >= 11 is 0. The van der Waals surface area contributed by atoms with Crippen molar-refractivity contribution in [2.75, 3.05) is 17.2 Å². The first-order chi connectivity index (χ1) is 11.2. The lowest BCUT2D eigenvalue weighted by atomic mass is 10.0. The standard InChI is InChI=1S/C16H20N4O4/c1-4-12(21)17-10-5-7-11(8-6-10)18-13(22)9-20-15(24)19-14(23)16(20,2)3/h5-8H,4,9H2,1-3H3,(H,17,21)(H,18,22)(H,19,23,24). The Labute approximate surface area is 139 Å². The zero-order chi connectivity index (χ0) is 17.9. The van der Waals surface area contributed by atoms with Crippen LogP contribution in [0.5, 0.6) is 0 Å². The SMILES string of the molecule is CCC(=O)Nc1ccc(NC(=O)CN2C(=O)NC(=O)C2(C)C)cc1. The van der Waals surface area contributed by atoms with E-state index < -0.39 is 23.4 Å². The lowest BCUT2D eigenvalue weighted by molar-refractivity contribution is -0.126. The van der Waals surface area contributed by atoms with Gasteiger partial charge in [0.1, 0.15) is 12.1 Å². The van der Waals surface area contributed by atoms with E-state index >= 15 is 0 Å². The van der Waals surface area contributed by atoms with Crippen LogP contribution in [0.4, 0.5) is 16.2 Å². The highest BCUT2D eigenvalue weighted by Crippen LogP contribution is 2.21. The van der Waals surface area contributed by atoms with Crippen LogP contribution in [-0.4, -0.2) is 40.7 Å². The van der Waals surface area contributed by atoms with E-state index in [9.17, 15) is 19.2 Å². The van der Waals surface area contributed by atoms with Crippen molar-refractivity contribution < 1.29 is 19.2 Å². The summed E-state index contributed by atoms with van der Waals surface area (Å²) in [6.07, 6.45) is 0.380. The summed E-state index contributed by atoms with van der Waals surface area (Å²) in [5.74, 6) is -0.951. The Bertz CT molecular complexity index is 682. The Hall–Kier alpha value is -2.90. The van der Waals surface area contributed by atoms with E-state index in [4.69, 9.17) is 0 Å². The molecule has 0 atom stereocenters. The summed E-state index contributed by atoms with van der Waals surface area (Å²) in [5.41, 5.74) is 0.0895. The van der Waals surface area contributed by atoms with E-state index in [1.807, 2.05) is 0 Å². The average molecular weight is 332 g/mol. The maximum Gasteiger partial charge on any atom is 0.325 e. The first-order valence-corrected chi connectivity index (χ1v) is 7.57. The molecule has 1 aromatic carbocycles. The molecule has 2 rings (SSSR count). The number of carbonyl (C=O) groups excluding carboxylic acids is 4. The van der Waals surface area contributed by atoms with Crippen LogP contribution in [0.1, 0.15) is 27.2 Å². The molecule has 5 amide bonds. The van der Waals surface area contributed by atoms with E-state index in [0.29, 0.717) is 17.8 Å². The van der Waals surface area contributed by atoms with Crippen LogP contribution < -0.4 is 16.0 Å². The molecular weight excluding hydrogens is 312 g/mol. The number of rotatable bonds is 5. The summed E-state index contributed by atoms with van der Waals surface area (Å²) in [6.45, 7) is 4.67. The highest BCUT2D eigenvalue weighted by Gasteiger charge is 2.46. The lowest BCUT2D eigenvalue weighted by Gasteiger charge is -2.27. The van der Waals surface area contributed by atoms with E-state index in [1.54, 1.807) is 45.0 Å². The molecule has 0 aromatic heterocycles. The minimum Gasteiger partial charge on any atom is -0.326 e. The van der Waals surface area contributed by atoms with Crippen LogP contribution in [0.3, 0.4) is 0 Å². The molecule has 0 saturated carbocycles. The van der Waals surface area contributed by atoms with Crippen molar-refractivity contribution in [3.63, 3.8) is 0 Å². The first kappa shape index (κ1) is 17.5. The second-order valence-electron chi connectivity index (χ2n) is 5.93. The van der Waals surface area contributed by atoms with Crippen molar-refractivity contribution in [1.82, 2.24) is 10.2 Å². The molecular formula is C16H20N4O4. The highest BCUT2D eigenvalue weighted by atomic mass is 16.2. The van der Waals surface area contributed by atoms with Gasteiger partial charge in [0.2, 0.25) is 11.8 Å². The van der Waals surface area contributed by atoms with Gasteiger partial charge in [0.05, 0.1) is 0 Å². The topological polar surface area (TPSA) is 108 Å². The summed E-state index contributed by atoms with van der Waals surface area (Å²) < 4.78 is 0. The molecule has 0 bridgehead atoms. The van der Waals surface area contributed by atoms with E-state index in [-0.39, 0.29) is 12.5 Å². The predicted molar refractivity (Wildman–Crippen MR) is 88.3 cm³/mol. The minimum absolute atomic E-state index is 0.0984. The van der Waals surface area contributed by atoms with Crippen molar-refractivity contribution >= 4 is 35.1 Å². The summed E-state index contributed by atoms with van der Waals surface area (Å²) in [7, 11) is 0. The Balaban J connectivity index is 1.96. The molecule has 3 N–H and O–H groups in total. The number of carbonyl (C=O) groups is 4. The van der Waals surface area contributed by atoms with Gasteiger partial charge in [-0.3, -0.25) is 19.7 Å². The van der Waals surface area contributed by atoms with E-state index in [2.05, 4.69) is 16.0 Å². The van der Waals surface area contributed by atoms with Gasteiger partial charge in [-0.2, -0.15) is 0 Å². The highest BCUT2D eigenvalue weighted by molar-refractivity contribution is 6.08. The van der Waals surface area contributed by atoms with Crippen LogP contribution in [0, 0.1) is 0 Å². The molecule has 8 heteroatoms. The quantitative estimate of drug-likeness (QED) is 0.706. The molecule has 24 heavy (non-hydrogen) atoms. The van der Waals surface area contributed by atoms with Crippen LogP contribution in [0.2, 0.25) is 0 Å². The Morgan fingerprint density at radius 2 is 1.54 bits per heavy atom. The van der Waals surface area contributed by atoms with Gasteiger partial charge in [0, 0.05) is 17.8 Å². The molecule has 1 aromatic rings. The molecule has 1 fully saturated rings. The largest absolute Gasteiger partial charge is 0.326 e. The van der Waals surface area contributed by atoms with Crippen LogP contribution in [0.15, 0.2) is 24.3 Å². The van der Waals surface area contributed by atoms with Gasteiger partial charge in [0.15, 0.2) is 0 Å². The Morgan fingerprint density at radius 3 is 1.96 bits per heavy atom. The average Bonchev–Trinajstić information content (AvgIpc) is 2.71. The summed E-state index contributed by atoms with van der Waals surface area (Å²) in [5, 5.41) is 7.54. The van der Waals surface area contributed by atoms with Gasteiger partial charge in [-0.15, -0.1) is 0 Å². The third-order valence-electron chi connectivity index (χ3n) is 3.77. The number of anilines is 2. The van der Waals surface area contributed by atoms with Gasteiger partial charge in [-0.25, -0.2) is 4.79 Å². The van der Waals surface area contributed by atoms with Crippen LogP contribution >= 0.6 is 0 Å². The number of hydrogen-bond donors (Lipinski definition) is 3. The van der Waals surface area contributed by atoms with Crippen molar-refractivity contribution in [1.29, 1.82) is 0 Å². The molecule has 1 saturated heterocycles. The van der Waals surface area contributed by atoms with Crippen molar-refractivity contribution in [2.24, 2.45) is 0 Å². The Kier molecular flexibility index (Phi) is 4.87. The smallest absolute Gasteiger partial charge is 0.325 e. The number of nitrogens with zero attached hydrogens (tertiary/aromatic N) is 1. The number of urea groups is 1. The molecule has 0 radical (unpaired) electrons. The Morgan fingerprint density at radius 1 is 1.04 bits per heavy atom. The van der Waals surface area contributed by atoms with E-state index in [0.717, 1.165) is 0 Å². The van der Waals surface area contributed by atoms with E-state index in [1.165, 1.54) is 4.90 Å². The summed E-state index contributed by atoms with van der Waals surface area (Å²) in [6, 6.07) is 6.03. The van der Waals surface area contributed by atoms with Crippen molar-refractivity contribution in [2.45, 2.75) is 32.7 Å². The van der Waals surface area contributed by atoms with Gasteiger partial charge in [-0.05, 0) is 38.1 Å². The van der Waals surface area contributed by atoms with Gasteiger partial charge in [0.25, 0.3) is 5.91 Å². The normalized spacial score (nSPS) is 15.9. The zero-order valence-electron chi connectivity index (χ0n) is 13.8. The number of amides is 5. The lowest BCUT2D eigenvalue weighted by Crippen LogP contribution is -2.47. The number of nitrogens with one attached hydrogen (secondary N) is 3. The van der Waals surface area contributed by atoms with Gasteiger partial charge < -0.3 is 15.5 Å². The molecule has 1 heterocycles. The molecule has 8 nitrogen and oxygen atoms in total. The maximum absolute atomic E-state index is 12.1. The molecule has 1 aliphatic heterocycles. The molecule has 0 unspecified atom stereocenters. The minimum atomic E-state index is -1.07. The third kappa shape index (κ3) is 3.70. The number of benzene rings is 1.